The van der Waals surface area contributed by atoms with Crippen LogP contribution in [0.4, 0.5) is 9.39 Å². The van der Waals surface area contributed by atoms with E-state index >= 15 is 0 Å². The van der Waals surface area contributed by atoms with E-state index in [0.29, 0.717) is 16.4 Å². The first-order valence-electron chi connectivity index (χ1n) is 8.55. The van der Waals surface area contributed by atoms with E-state index in [9.17, 15) is 14.0 Å². The van der Waals surface area contributed by atoms with Crippen molar-refractivity contribution < 1.29 is 18.7 Å². The Morgan fingerprint density at radius 2 is 1.86 bits per heavy atom. The predicted octanol–water partition coefficient (Wildman–Crippen LogP) is 4.39. The molecule has 0 saturated heterocycles. The molecule has 0 aliphatic heterocycles. The van der Waals surface area contributed by atoms with Gasteiger partial charge in [-0.05, 0) is 54.4 Å². The van der Waals surface area contributed by atoms with Crippen LogP contribution in [0.2, 0.25) is 0 Å². The molecule has 2 aromatic carbocycles. The molecule has 0 atom stereocenters. The van der Waals surface area contributed by atoms with Crippen molar-refractivity contribution in [2.24, 2.45) is 0 Å². The highest BCUT2D eigenvalue weighted by atomic mass is 32.1. The Hall–Kier alpha value is -3.19. The fourth-order valence-corrected chi connectivity index (χ4v) is 3.61. The van der Waals surface area contributed by atoms with E-state index in [1.54, 1.807) is 20.1 Å². The number of benzene rings is 2. The van der Waals surface area contributed by atoms with Crippen LogP contribution in [-0.4, -0.2) is 18.9 Å². The molecule has 0 radical (unpaired) electrons. The van der Waals surface area contributed by atoms with Gasteiger partial charge in [-0.15, -0.1) is 11.3 Å². The van der Waals surface area contributed by atoms with E-state index in [2.05, 4.69) is 10.6 Å². The summed E-state index contributed by atoms with van der Waals surface area (Å²) in [7, 11) is 1.59. The van der Waals surface area contributed by atoms with Gasteiger partial charge in [0, 0.05) is 12.1 Å². The molecule has 0 aliphatic carbocycles. The number of anilines is 1. The monoisotopic (exact) mass is 398 g/mol. The maximum absolute atomic E-state index is 13.3. The summed E-state index contributed by atoms with van der Waals surface area (Å²) in [4.78, 5) is 25.3. The van der Waals surface area contributed by atoms with Crippen LogP contribution >= 0.6 is 11.3 Å². The molecule has 1 aromatic heterocycles. The summed E-state index contributed by atoms with van der Waals surface area (Å²) in [5.74, 6) is -0.408. The van der Waals surface area contributed by atoms with Crippen molar-refractivity contribution in [3.8, 4) is 5.75 Å². The van der Waals surface area contributed by atoms with Crippen LogP contribution in [0.3, 0.4) is 0 Å². The molecule has 0 fully saturated rings. The second-order valence-electron chi connectivity index (χ2n) is 6.12. The number of amides is 2. The minimum absolute atomic E-state index is 0.218. The molecule has 5 nitrogen and oxygen atoms in total. The molecule has 0 bridgehead atoms. The Morgan fingerprint density at radius 1 is 1.07 bits per heavy atom. The third-order valence-corrected chi connectivity index (χ3v) is 5.19. The Balaban J connectivity index is 1.65. The standard InChI is InChI=1S/C21H19FN2O3S/c1-13-9-18(24-20(25)15-6-4-7-16(22)11-15)28-19(13)21(26)23-12-14-5-3-8-17(10-14)27-2/h3-11H,12H2,1-2H3,(H,23,26)(H,24,25). The molecule has 0 aliphatic rings. The average molecular weight is 398 g/mol. The van der Waals surface area contributed by atoms with Crippen molar-refractivity contribution in [2.45, 2.75) is 13.5 Å². The summed E-state index contributed by atoms with van der Waals surface area (Å²) < 4.78 is 18.4. The highest BCUT2D eigenvalue weighted by molar-refractivity contribution is 7.18. The van der Waals surface area contributed by atoms with Gasteiger partial charge in [-0.2, -0.15) is 0 Å². The van der Waals surface area contributed by atoms with Gasteiger partial charge >= 0.3 is 0 Å². The number of rotatable bonds is 6. The van der Waals surface area contributed by atoms with E-state index in [1.807, 2.05) is 24.3 Å². The van der Waals surface area contributed by atoms with Crippen molar-refractivity contribution >= 4 is 28.2 Å². The van der Waals surface area contributed by atoms with Crippen LogP contribution in [0.1, 0.15) is 31.2 Å². The number of methoxy groups -OCH3 is 1. The first-order chi connectivity index (χ1) is 13.5. The highest BCUT2D eigenvalue weighted by Crippen LogP contribution is 2.27. The zero-order valence-electron chi connectivity index (χ0n) is 15.4. The molecule has 1 heterocycles. The summed E-state index contributed by atoms with van der Waals surface area (Å²) in [6.45, 7) is 2.16. The summed E-state index contributed by atoms with van der Waals surface area (Å²) in [6.07, 6.45) is 0. The molecule has 0 saturated carbocycles. The lowest BCUT2D eigenvalue weighted by atomic mass is 10.2. The number of ether oxygens (including phenoxy) is 1. The summed E-state index contributed by atoms with van der Waals surface area (Å²) >= 11 is 1.18. The maximum Gasteiger partial charge on any atom is 0.261 e. The van der Waals surface area contributed by atoms with Crippen LogP contribution in [0, 0.1) is 12.7 Å². The van der Waals surface area contributed by atoms with Crippen molar-refractivity contribution in [3.63, 3.8) is 0 Å². The van der Waals surface area contributed by atoms with Gasteiger partial charge in [0.15, 0.2) is 0 Å². The van der Waals surface area contributed by atoms with Crippen LogP contribution < -0.4 is 15.4 Å². The topological polar surface area (TPSA) is 67.4 Å². The summed E-state index contributed by atoms with van der Waals surface area (Å²) in [5, 5.41) is 6.10. The quantitative estimate of drug-likeness (QED) is 0.647. The van der Waals surface area contributed by atoms with Gasteiger partial charge in [0.1, 0.15) is 11.6 Å². The lowest BCUT2D eigenvalue weighted by Gasteiger charge is -2.06. The van der Waals surface area contributed by atoms with Crippen LogP contribution in [-0.2, 0) is 6.54 Å². The zero-order valence-corrected chi connectivity index (χ0v) is 16.2. The van der Waals surface area contributed by atoms with Gasteiger partial charge in [0.25, 0.3) is 11.8 Å². The van der Waals surface area contributed by atoms with Crippen molar-refractivity contribution in [1.29, 1.82) is 0 Å². The number of thiophene rings is 1. The Kier molecular flexibility index (Phi) is 6.06. The van der Waals surface area contributed by atoms with Crippen LogP contribution in [0.15, 0.2) is 54.6 Å². The first-order valence-corrected chi connectivity index (χ1v) is 9.36. The molecule has 2 amide bonds. The van der Waals surface area contributed by atoms with Crippen molar-refractivity contribution in [1.82, 2.24) is 5.32 Å². The van der Waals surface area contributed by atoms with Gasteiger partial charge < -0.3 is 15.4 Å². The molecule has 2 N–H and O–H groups in total. The first kappa shape index (κ1) is 19.6. The number of carbonyl (C=O) groups is 2. The van der Waals surface area contributed by atoms with Gasteiger partial charge in [-0.3, -0.25) is 9.59 Å². The largest absolute Gasteiger partial charge is 0.497 e. The Labute approximate surface area is 166 Å². The third-order valence-electron chi connectivity index (χ3n) is 4.03. The van der Waals surface area contributed by atoms with Crippen molar-refractivity contribution in [2.75, 3.05) is 12.4 Å². The van der Waals surface area contributed by atoms with Gasteiger partial charge in [0.2, 0.25) is 0 Å². The molecule has 144 valence electrons. The van der Waals surface area contributed by atoms with E-state index in [4.69, 9.17) is 4.74 Å². The number of aryl methyl sites for hydroxylation is 1. The molecule has 28 heavy (non-hydrogen) atoms. The maximum atomic E-state index is 13.3. The smallest absolute Gasteiger partial charge is 0.261 e. The van der Waals surface area contributed by atoms with E-state index < -0.39 is 11.7 Å². The van der Waals surface area contributed by atoms with Gasteiger partial charge in [0.05, 0.1) is 17.0 Å². The number of hydrogen-bond donors (Lipinski definition) is 2. The van der Waals surface area contributed by atoms with E-state index in [0.717, 1.165) is 22.9 Å². The molecule has 7 heteroatoms. The summed E-state index contributed by atoms with van der Waals surface area (Å²) in [5.41, 5.74) is 1.89. The fraction of sp³-hybridized carbons (Fsp3) is 0.143. The minimum atomic E-state index is -0.479. The molecule has 0 unspecified atom stereocenters. The van der Waals surface area contributed by atoms with E-state index in [1.165, 1.54) is 29.5 Å². The number of halogens is 1. The molecule has 0 spiro atoms. The molecular weight excluding hydrogens is 379 g/mol. The Morgan fingerprint density at radius 3 is 2.61 bits per heavy atom. The number of nitrogens with one attached hydrogen (secondary N) is 2. The highest BCUT2D eigenvalue weighted by Gasteiger charge is 2.16. The lowest BCUT2D eigenvalue weighted by Crippen LogP contribution is -2.22. The molecule has 3 aromatic rings. The number of hydrogen-bond acceptors (Lipinski definition) is 4. The van der Waals surface area contributed by atoms with Crippen molar-refractivity contribution in [3.05, 3.63) is 82.0 Å². The molecular formula is C21H19FN2O3S. The average Bonchev–Trinajstić information content (AvgIpc) is 3.06. The SMILES string of the molecule is COc1cccc(CNC(=O)c2sc(NC(=O)c3cccc(F)c3)cc2C)c1. The predicted molar refractivity (Wildman–Crippen MR) is 108 cm³/mol. The zero-order chi connectivity index (χ0) is 20.1. The van der Waals surface area contributed by atoms with Crippen LogP contribution in [0.5, 0.6) is 5.75 Å². The second-order valence-corrected chi connectivity index (χ2v) is 7.17. The fourth-order valence-electron chi connectivity index (χ4n) is 2.63. The summed E-state index contributed by atoms with van der Waals surface area (Å²) in [6, 6.07) is 14.6. The van der Waals surface area contributed by atoms with E-state index in [-0.39, 0.29) is 11.5 Å². The third kappa shape index (κ3) is 4.75. The minimum Gasteiger partial charge on any atom is -0.497 e. The van der Waals surface area contributed by atoms with Gasteiger partial charge in [-0.1, -0.05) is 18.2 Å². The molecule has 3 rings (SSSR count). The van der Waals surface area contributed by atoms with Crippen LogP contribution in [0.25, 0.3) is 0 Å². The second kappa shape index (κ2) is 8.67. The number of carbonyl (C=O) groups excluding carboxylic acids is 2. The van der Waals surface area contributed by atoms with Gasteiger partial charge in [-0.25, -0.2) is 4.39 Å². The lowest BCUT2D eigenvalue weighted by molar-refractivity contribution is 0.0953. The normalized spacial score (nSPS) is 10.4. The Bertz CT molecular complexity index is 1020.